The van der Waals surface area contributed by atoms with Crippen LogP contribution in [-0.2, 0) is 4.79 Å². The van der Waals surface area contributed by atoms with E-state index in [0.29, 0.717) is 12.3 Å². The number of rotatable bonds is 7. The lowest BCUT2D eigenvalue weighted by atomic mass is 10.0. The van der Waals surface area contributed by atoms with Crippen molar-refractivity contribution in [1.82, 2.24) is 19.7 Å². The molecule has 1 saturated carbocycles. The molecule has 1 fully saturated rings. The highest BCUT2D eigenvalue weighted by atomic mass is 16.5. The van der Waals surface area contributed by atoms with Crippen molar-refractivity contribution in [3.8, 4) is 22.3 Å². The molecule has 0 aliphatic heterocycles. The second kappa shape index (κ2) is 9.32. The number of amides is 1. The van der Waals surface area contributed by atoms with Gasteiger partial charge in [-0.15, -0.1) is 0 Å². The number of hydrogen-bond acceptors (Lipinski definition) is 5. The van der Waals surface area contributed by atoms with Crippen molar-refractivity contribution in [1.29, 1.82) is 0 Å². The lowest BCUT2D eigenvalue weighted by molar-refractivity contribution is -0.116. The van der Waals surface area contributed by atoms with Gasteiger partial charge in [-0.3, -0.25) is 14.8 Å². The average molecular weight is 492 g/mol. The monoisotopic (exact) mass is 491 g/mol. The van der Waals surface area contributed by atoms with Crippen LogP contribution in [0.1, 0.15) is 49.4 Å². The van der Waals surface area contributed by atoms with Crippen LogP contribution in [0.3, 0.4) is 0 Å². The molecular formula is C30H29N5O2. The second-order valence-corrected chi connectivity index (χ2v) is 9.94. The number of nitrogens with one attached hydrogen (secondary N) is 1. The van der Waals surface area contributed by atoms with Crippen molar-refractivity contribution in [2.45, 2.75) is 46.1 Å². The zero-order valence-electron chi connectivity index (χ0n) is 21.2. The Labute approximate surface area is 215 Å². The van der Waals surface area contributed by atoms with E-state index in [1.165, 1.54) is 0 Å². The Morgan fingerprint density at radius 1 is 1.11 bits per heavy atom. The summed E-state index contributed by atoms with van der Waals surface area (Å²) in [7, 11) is 0. The van der Waals surface area contributed by atoms with E-state index in [9.17, 15) is 4.79 Å². The van der Waals surface area contributed by atoms with E-state index < -0.39 is 0 Å². The Balaban J connectivity index is 1.42. The van der Waals surface area contributed by atoms with Crippen LogP contribution >= 0.6 is 0 Å². The fraction of sp³-hybridized carbons (Fsp3) is 0.267. The maximum atomic E-state index is 12.2. The number of aromatic nitrogens is 4. The van der Waals surface area contributed by atoms with Gasteiger partial charge in [-0.1, -0.05) is 23.4 Å². The van der Waals surface area contributed by atoms with Crippen LogP contribution in [0.5, 0.6) is 0 Å². The van der Waals surface area contributed by atoms with Crippen molar-refractivity contribution in [2.24, 2.45) is 5.92 Å². The third-order valence-corrected chi connectivity index (χ3v) is 7.17. The van der Waals surface area contributed by atoms with Crippen LogP contribution in [-0.4, -0.2) is 25.6 Å². The van der Waals surface area contributed by atoms with Gasteiger partial charge < -0.3 is 14.4 Å². The van der Waals surface area contributed by atoms with Gasteiger partial charge in [0.2, 0.25) is 5.91 Å². The van der Waals surface area contributed by atoms with Gasteiger partial charge in [-0.25, -0.2) is 0 Å². The third kappa shape index (κ3) is 4.53. The molecule has 4 heterocycles. The Kier molecular flexibility index (Phi) is 5.83. The zero-order chi connectivity index (χ0) is 25.5. The van der Waals surface area contributed by atoms with Gasteiger partial charge in [0.25, 0.3) is 0 Å². The number of carbonyl (C=O) groups excluding carboxylic acids is 1. The summed E-state index contributed by atoms with van der Waals surface area (Å²) in [4.78, 5) is 21.8. The normalized spacial score (nSPS) is 14.1. The Morgan fingerprint density at radius 2 is 1.92 bits per heavy atom. The van der Waals surface area contributed by atoms with E-state index in [0.717, 1.165) is 69.0 Å². The van der Waals surface area contributed by atoms with Crippen molar-refractivity contribution in [3.05, 3.63) is 84.3 Å². The minimum atomic E-state index is 0.000143. The van der Waals surface area contributed by atoms with E-state index in [1.807, 2.05) is 68.7 Å². The van der Waals surface area contributed by atoms with Crippen molar-refractivity contribution in [2.75, 3.05) is 5.32 Å². The molecule has 1 atom stereocenters. The second-order valence-electron chi connectivity index (χ2n) is 9.94. The van der Waals surface area contributed by atoms with E-state index >= 15 is 0 Å². The summed E-state index contributed by atoms with van der Waals surface area (Å²) in [6.45, 7) is 6.01. The van der Waals surface area contributed by atoms with E-state index in [4.69, 9.17) is 9.51 Å². The van der Waals surface area contributed by atoms with Gasteiger partial charge >= 0.3 is 0 Å². The molecule has 0 radical (unpaired) electrons. The van der Waals surface area contributed by atoms with E-state index in [1.54, 1.807) is 0 Å². The molecule has 7 heteroatoms. The molecule has 1 N–H and O–H groups in total. The fourth-order valence-corrected chi connectivity index (χ4v) is 4.99. The highest BCUT2D eigenvalue weighted by Crippen LogP contribution is 2.37. The van der Waals surface area contributed by atoms with Gasteiger partial charge in [0, 0.05) is 47.4 Å². The molecule has 1 amide bonds. The number of hydrogen-bond donors (Lipinski definition) is 1. The Bertz CT molecular complexity index is 1560. The molecule has 1 aromatic carbocycles. The maximum Gasteiger partial charge on any atom is 0.224 e. The molecule has 7 nitrogen and oxygen atoms in total. The molecule has 1 aliphatic rings. The summed E-state index contributed by atoms with van der Waals surface area (Å²) < 4.78 is 7.65. The third-order valence-electron chi connectivity index (χ3n) is 7.17. The van der Waals surface area contributed by atoms with E-state index in [-0.39, 0.29) is 11.9 Å². The van der Waals surface area contributed by atoms with Crippen molar-refractivity contribution >= 4 is 22.6 Å². The minimum absolute atomic E-state index is 0.000143. The van der Waals surface area contributed by atoms with Crippen LogP contribution in [0.25, 0.3) is 33.3 Å². The van der Waals surface area contributed by atoms with Crippen molar-refractivity contribution < 1.29 is 9.32 Å². The number of carbonyl (C=O) groups is 1. The molecule has 37 heavy (non-hydrogen) atoms. The highest BCUT2D eigenvalue weighted by Gasteiger charge is 2.24. The zero-order valence-corrected chi connectivity index (χ0v) is 21.2. The van der Waals surface area contributed by atoms with Gasteiger partial charge in [0.05, 0.1) is 28.5 Å². The molecule has 6 rings (SSSR count). The van der Waals surface area contributed by atoms with Gasteiger partial charge in [0.15, 0.2) is 0 Å². The summed E-state index contributed by atoms with van der Waals surface area (Å²) in [6, 6.07) is 16.1. The maximum absolute atomic E-state index is 12.2. The summed E-state index contributed by atoms with van der Waals surface area (Å²) in [5.41, 5.74) is 8.55. The number of pyridine rings is 2. The molecule has 0 unspecified atom stereocenters. The summed E-state index contributed by atoms with van der Waals surface area (Å²) in [5.74, 6) is 1.42. The standard InChI is InChI=1S/C30H29N5O2/c1-18-29(20(3)37-34-18)23-15-27-30(32-16-23)25(17-35(27)19(2)26-6-4-5-13-31-26)22-9-11-24(12-10-22)33-28(36)14-21-7-8-21/h4-6,9-13,15-17,19,21H,7-8,14H2,1-3H3,(H,33,36)/t19-/m0/s1. The smallest absolute Gasteiger partial charge is 0.224 e. The predicted octanol–water partition coefficient (Wildman–Crippen LogP) is 6.72. The lowest BCUT2D eigenvalue weighted by Crippen LogP contribution is -2.11. The molecule has 0 saturated heterocycles. The Morgan fingerprint density at radius 3 is 2.59 bits per heavy atom. The Hall–Kier alpha value is -4.26. The first-order valence-corrected chi connectivity index (χ1v) is 12.7. The van der Waals surface area contributed by atoms with Crippen molar-refractivity contribution in [3.63, 3.8) is 0 Å². The topological polar surface area (TPSA) is 85.8 Å². The number of nitrogens with zero attached hydrogens (tertiary/aromatic N) is 4. The average Bonchev–Trinajstić information content (AvgIpc) is 3.55. The summed E-state index contributed by atoms with van der Waals surface area (Å²) in [5, 5.41) is 7.15. The predicted molar refractivity (Wildman–Crippen MR) is 144 cm³/mol. The first-order valence-electron chi connectivity index (χ1n) is 12.7. The van der Waals surface area contributed by atoms with Crippen LogP contribution in [0.4, 0.5) is 5.69 Å². The fourth-order valence-electron chi connectivity index (χ4n) is 4.99. The first kappa shape index (κ1) is 23.2. The highest BCUT2D eigenvalue weighted by molar-refractivity contribution is 5.96. The van der Waals surface area contributed by atoms with E-state index in [2.05, 4.69) is 39.2 Å². The SMILES string of the molecule is Cc1noc(C)c1-c1cnc2c(-c3ccc(NC(=O)CC4CC4)cc3)cn([C@@H](C)c3ccccn3)c2c1. The number of aryl methyl sites for hydroxylation is 2. The van der Waals surface area contributed by atoms with Crippen LogP contribution in [0.2, 0.25) is 0 Å². The molecular weight excluding hydrogens is 462 g/mol. The first-order chi connectivity index (χ1) is 18.0. The van der Waals surface area contributed by atoms with Crippen LogP contribution < -0.4 is 5.32 Å². The largest absolute Gasteiger partial charge is 0.361 e. The number of anilines is 1. The summed E-state index contributed by atoms with van der Waals surface area (Å²) in [6.07, 6.45) is 8.80. The lowest BCUT2D eigenvalue weighted by Gasteiger charge is -2.15. The quantitative estimate of drug-likeness (QED) is 0.273. The van der Waals surface area contributed by atoms with Gasteiger partial charge in [-0.05, 0) is 75.4 Å². The van der Waals surface area contributed by atoms with Crippen LogP contribution in [0.15, 0.2) is 71.6 Å². The molecule has 0 bridgehead atoms. The van der Waals surface area contributed by atoms with Crippen LogP contribution in [0, 0.1) is 19.8 Å². The minimum Gasteiger partial charge on any atom is -0.361 e. The van der Waals surface area contributed by atoms with Gasteiger partial charge in [-0.2, -0.15) is 0 Å². The molecule has 0 spiro atoms. The number of benzene rings is 1. The summed E-state index contributed by atoms with van der Waals surface area (Å²) >= 11 is 0. The number of fused-ring (bicyclic) bond motifs is 1. The molecule has 5 aromatic rings. The molecule has 186 valence electrons. The molecule has 4 aromatic heterocycles. The molecule has 1 aliphatic carbocycles. The van der Waals surface area contributed by atoms with Gasteiger partial charge in [0.1, 0.15) is 5.76 Å².